The standard InChI is InChI=1S/C18H16O/c1-2-3-8-13-14-9-4-6-11-16(14)18(19)17-12-7-5-10-15(13)17/h4-12H,2-3H2,1H3. The topological polar surface area (TPSA) is 17.1 Å². The molecule has 2 aromatic carbocycles. The number of benzene rings is 2. The van der Waals surface area contributed by atoms with Crippen LogP contribution in [0.3, 0.4) is 0 Å². The fourth-order valence-electron chi connectivity index (χ4n) is 2.63. The fourth-order valence-corrected chi connectivity index (χ4v) is 2.63. The zero-order valence-electron chi connectivity index (χ0n) is 11.0. The summed E-state index contributed by atoms with van der Waals surface area (Å²) in [6.45, 7) is 2.17. The van der Waals surface area contributed by atoms with Gasteiger partial charge in [0.1, 0.15) is 0 Å². The molecule has 0 amide bonds. The number of carbonyl (C=O) groups is 1. The second kappa shape index (κ2) is 4.85. The van der Waals surface area contributed by atoms with E-state index >= 15 is 0 Å². The van der Waals surface area contributed by atoms with E-state index in [0.717, 1.165) is 35.1 Å². The molecule has 0 radical (unpaired) electrons. The molecule has 3 rings (SSSR count). The Balaban J connectivity index is 2.26. The molecule has 0 atom stereocenters. The molecule has 1 aliphatic rings. The van der Waals surface area contributed by atoms with E-state index in [1.165, 1.54) is 5.57 Å². The normalized spacial score (nSPS) is 12.9. The number of allylic oxidation sites excluding steroid dienone is 1. The molecule has 0 spiro atoms. The van der Waals surface area contributed by atoms with Gasteiger partial charge in [-0.1, -0.05) is 68.0 Å². The number of rotatable bonds is 2. The van der Waals surface area contributed by atoms with Crippen LogP contribution < -0.4 is 0 Å². The van der Waals surface area contributed by atoms with Crippen LogP contribution in [0.5, 0.6) is 0 Å². The van der Waals surface area contributed by atoms with Crippen molar-refractivity contribution < 1.29 is 4.79 Å². The molecule has 1 nitrogen and oxygen atoms in total. The largest absolute Gasteiger partial charge is 0.289 e. The molecule has 1 heteroatoms. The molecule has 0 N–H and O–H groups in total. The molecule has 19 heavy (non-hydrogen) atoms. The first-order chi connectivity index (χ1) is 9.33. The van der Waals surface area contributed by atoms with Crippen molar-refractivity contribution in [2.24, 2.45) is 0 Å². The minimum Gasteiger partial charge on any atom is -0.289 e. The maximum absolute atomic E-state index is 12.5. The van der Waals surface area contributed by atoms with Gasteiger partial charge in [0.2, 0.25) is 0 Å². The van der Waals surface area contributed by atoms with Crippen molar-refractivity contribution in [1.29, 1.82) is 0 Å². The van der Waals surface area contributed by atoms with Crippen LogP contribution in [0.25, 0.3) is 5.57 Å². The van der Waals surface area contributed by atoms with E-state index in [9.17, 15) is 4.79 Å². The molecule has 0 bridgehead atoms. The molecule has 0 saturated carbocycles. The Hall–Kier alpha value is -2.15. The number of unbranched alkanes of at least 4 members (excludes halogenated alkanes) is 1. The van der Waals surface area contributed by atoms with Crippen LogP contribution in [0.2, 0.25) is 0 Å². The molecule has 0 aliphatic heterocycles. The summed E-state index contributed by atoms with van der Waals surface area (Å²) >= 11 is 0. The van der Waals surface area contributed by atoms with Gasteiger partial charge < -0.3 is 0 Å². The first-order valence-electron chi connectivity index (χ1n) is 6.76. The van der Waals surface area contributed by atoms with Gasteiger partial charge in [0.15, 0.2) is 5.78 Å². The van der Waals surface area contributed by atoms with Crippen molar-refractivity contribution in [2.45, 2.75) is 19.8 Å². The van der Waals surface area contributed by atoms with E-state index in [4.69, 9.17) is 0 Å². The summed E-state index contributed by atoms with van der Waals surface area (Å²) in [7, 11) is 0. The Labute approximate surface area is 113 Å². The third-order valence-electron chi connectivity index (χ3n) is 3.56. The van der Waals surface area contributed by atoms with E-state index in [0.29, 0.717) is 0 Å². The molecule has 0 saturated heterocycles. The van der Waals surface area contributed by atoms with Crippen LogP contribution in [0.1, 0.15) is 46.8 Å². The van der Waals surface area contributed by atoms with Crippen molar-refractivity contribution in [3.05, 3.63) is 76.9 Å². The SMILES string of the molecule is CCCC=C1c2ccccc2C(=O)c2ccccc21. The van der Waals surface area contributed by atoms with Crippen molar-refractivity contribution >= 4 is 11.4 Å². The molecule has 0 unspecified atom stereocenters. The predicted molar refractivity (Wildman–Crippen MR) is 78.3 cm³/mol. The van der Waals surface area contributed by atoms with Crippen molar-refractivity contribution in [1.82, 2.24) is 0 Å². The van der Waals surface area contributed by atoms with Gasteiger partial charge in [0.25, 0.3) is 0 Å². The van der Waals surface area contributed by atoms with Gasteiger partial charge in [-0.05, 0) is 23.1 Å². The lowest BCUT2D eigenvalue weighted by Crippen LogP contribution is -2.14. The summed E-state index contributed by atoms with van der Waals surface area (Å²) in [5.41, 5.74) is 4.99. The number of hydrogen-bond donors (Lipinski definition) is 0. The number of hydrogen-bond acceptors (Lipinski definition) is 1. The van der Waals surface area contributed by atoms with Crippen LogP contribution >= 0.6 is 0 Å². The number of fused-ring (bicyclic) bond motifs is 2. The minimum atomic E-state index is 0.139. The Kier molecular flexibility index (Phi) is 3.04. The van der Waals surface area contributed by atoms with E-state index in [1.54, 1.807) is 0 Å². The van der Waals surface area contributed by atoms with Crippen LogP contribution in [0.4, 0.5) is 0 Å². The second-order valence-corrected chi connectivity index (χ2v) is 4.83. The summed E-state index contributed by atoms with van der Waals surface area (Å²) in [4.78, 5) is 12.5. The molecular formula is C18H16O. The van der Waals surface area contributed by atoms with Crippen LogP contribution in [0, 0.1) is 0 Å². The number of carbonyl (C=O) groups excluding carboxylic acids is 1. The summed E-state index contributed by atoms with van der Waals surface area (Å²) < 4.78 is 0. The van der Waals surface area contributed by atoms with E-state index in [2.05, 4.69) is 13.0 Å². The maximum Gasteiger partial charge on any atom is 0.194 e. The zero-order valence-corrected chi connectivity index (χ0v) is 11.0. The van der Waals surface area contributed by atoms with E-state index in [1.807, 2.05) is 48.5 Å². The Morgan fingerprint density at radius 2 is 1.32 bits per heavy atom. The molecule has 0 aromatic heterocycles. The van der Waals surface area contributed by atoms with Gasteiger partial charge >= 0.3 is 0 Å². The smallest absolute Gasteiger partial charge is 0.194 e. The first-order valence-corrected chi connectivity index (χ1v) is 6.76. The molecule has 94 valence electrons. The lowest BCUT2D eigenvalue weighted by atomic mass is 9.81. The molecule has 0 heterocycles. The summed E-state index contributed by atoms with van der Waals surface area (Å²) in [6, 6.07) is 15.8. The Morgan fingerprint density at radius 1 is 0.842 bits per heavy atom. The van der Waals surface area contributed by atoms with Gasteiger partial charge in [0.05, 0.1) is 0 Å². The van der Waals surface area contributed by atoms with Gasteiger partial charge in [-0.3, -0.25) is 4.79 Å². The molecule has 2 aromatic rings. The van der Waals surface area contributed by atoms with Gasteiger partial charge in [-0.2, -0.15) is 0 Å². The van der Waals surface area contributed by atoms with Crippen LogP contribution in [0.15, 0.2) is 54.6 Å². The first kappa shape index (κ1) is 11.9. The van der Waals surface area contributed by atoms with Gasteiger partial charge in [-0.15, -0.1) is 0 Å². The highest BCUT2D eigenvalue weighted by molar-refractivity contribution is 6.18. The third-order valence-corrected chi connectivity index (χ3v) is 3.56. The van der Waals surface area contributed by atoms with Crippen LogP contribution in [-0.2, 0) is 0 Å². The summed E-state index contributed by atoms with van der Waals surface area (Å²) in [5, 5.41) is 0. The Bertz CT molecular complexity index is 613. The molecular weight excluding hydrogens is 232 g/mol. The van der Waals surface area contributed by atoms with Crippen molar-refractivity contribution in [3.8, 4) is 0 Å². The van der Waals surface area contributed by atoms with Crippen LogP contribution in [-0.4, -0.2) is 5.78 Å². The van der Waals surface area contributed by atoms with E-state index < -0.39 is 0 Å². The summed E-state index contributed by atoms with van der Waals surface area (Å²) in [6.07, 6.45) is 4.40. The highest BCUT2D eigenvalue weighted by atomic mass is 16.1. The van der Waals surface area contributed by atoms with Gasteiger partial charge in [-0.25, -0.2) is 0 Å². The van der Waals surface area contributed by atoms with Crippen molar-refractivity contribution in [2.75, 3.05) is 0 Å². The minimum absolute atomic E-state index is 0.139. The monoisotopic (exact) mass is 248 g/mol. The third kappa shape index (κ3) is 1.91. The molecule has 0 fully saturated rings. The lowest BCUT2D eigenvalue weighted by Gasteiger charge is -2.21. The fraction of sp³-hybridized carbons (Fsp3) is 0.167. The zero-order chi connectivity index (χ0) is 13.2. The number of ketones is 1. The Morgan fingerprint density at radius 3 is 1.79 bits per heavy atom. The quantitative estimate of drug-likeness (QED) is 0.654. The molecule has 1 aliphatic carbocycles. The van der Waals surface area contributed by atoms with Gasteiger partial charge in [0, 0.05) is 11.1 Å². The maximum atomic E-state index is 12.5. The second-order valence-electron chi connectivity index (χ2n) is 4.83. The highest BCUT2D eigenvalue weighted by Crippen LogP contribution is 2.35. The predicted octanol–water partition coefficient (Wildman–Crippen LogP) is 4.46. The summed E-state index contributed by atoms with van der Waals surface area (Å²) in [5.74, 6) is 0.139. The van der Waals surface area contributed by atoms with E-state index in [-0.39, 0.29) is 5.78 Å². The average molecular weight is 248 g/mol. The highest BCUT2D eigenvalue weighted by Gasteiger charge is 2.25. The average Bonchev–Trinajstić information content (AvgIpc) is 2.47. The lowest BCUT2D eigenvalue weighted by molar-refractivity contribution is 0.103. The van der Waals surface area contributed by atoms with Crippen molar-refractivity contribution in [3.63, 3.8) is 0 Å².